The molecule has 28 heavy (non-hydrogen) atoms. The molecule has 1 amide bonds. The standard InChI is InChI=1S/C20H21NO7/c1-3-26-19(23)14-8-5-7-13(11-14)15-9-6-10-16(28-12-17(22)21-25)18(15)20(24)27-4-2/h5-11,25H,3-4,12H2,1-2H3,(H,21,22). The Morgan fingerprint density at radius 1 is 0.964 bits per heavy atom. The van der Waals surface area contributed by atoms with Crippen molar-refractivity contribution in [1.82, 2.24) is 5.48 Å². The lowest BCUT2D eigenvalue weighted by atomic mass is 9.97. The van der Waals surface area contributed by atoms with E-state index in [-0.39, 0.29) is 24.5 Å². The van der Waals surface area contributed by atoms with Gasteiger partial charge >= 0.3 is 11.9 Å². The molecule has 0 unspecified atom stereocenters. The summed E-state index contributed by atoms with van der Waals surface area (Å²) in [6, 6.07) is 11.4. The quantitative estimate of drug-likeness (QED) is 0.407. The minimum atomic E-state index is -0.774. The van der Waals surface area contributed by atoms with Crippen molar-refractivity contribution in [3.8, 4) is 16.9 Å². The minimum Gasteiger partial charge on any atom is -0.483 e. The maximum absolute atomic E-state index is 12.6. The smallest absolute Gasteiger partial charge is 0.342 e. The van der Waals surface area contributed by atoms with Crippen LogP contribution in [0.1, 0.15) is 34.6 Å². The number of hydroxylamine groups is 1. The van der Waals surface area contributed by atoms with Gasteiger partial charge in [-0.15, -0.1) is 0 Å². The van der Waals surface area contributed by atoms with Gasteiger partial charge in [-0.1, -0.05) is 24.3 Å². The number of hydrogen-bond donors (Lipinski definition) is 2. The molecule has 0 bridgehead atoms. The molecule has 2 aromatic carbocycles. The largest absolute Gasteiger partial charge is 0.483 e. The molecule has 0 aliphatic rings. The van der Waals surface area contributed by atoms with Crippen LogP contribution in [-0.2, 0) is 14.3 Å². The molecular weight excluding hydrogens is 366 g/mol. The van der Waals surface area contributed by atoms with Crippen molar-refractivity contribution in [1.29, 1.82) is 0 Å². The van der Waals surface area contributed by atoms with Crippen LogP contribution in [0.4, 0.5) is 0 Å². The van der Waals surface area contributed by atoms with Gasteiger partial charge in [-0.05, 0) is 43.2 Å². The zero-order valence-corrected chi connectivity index (χ0v) is 15.6. The molecule has 0 aliphatic carbocycles. The zero-order valence-electron chi connectivity index (χ0n) is 15.6. The third kappa shape index (κ3) is 5.08. The van der Waals surface area contributed by atoms with Gasteiger partial charge < -0.3 is 14.2 Å². The van der Waals surface area contributed by atoms with Crippen LogP contribution in [0.25, 0.3) is 11.1 Å². The van der Waals surface area contributed by atoms with Crippen LogP contribution >= 0.6 is 0 Å². The number of rotatable bonds is 8. The summed E-state index contributed by atoms with van der Waals surface area (Å²) in [5.74, 6) is -1.78. The van der Waals surface area contributed by atoms with Crippen LogP contribution in [0.2, 0.25) is 0 Å². The Hall–Kier alpha value is -3.39. The van der Waals surface area contributed by atoms with Crippen molar-refractivity contribution in [3.63, 3.8) is 0 Å². The van der Waals surface area contributed by atoms with E-state index in [0.29, 0.717) is 16.7 Å². The summed E-state index contributed by atoms with van der Waals surface area (Å²) in [5, 5.41) is 8.62. The van der Waals surface area contributed by atoms with Crippen LogP contribution in [-0.4, -0.2) is 42.9 Å². The fraction of sp³-hybridized carbons (Fsp3) is 0.250. The molecule has 0 fully saturated rings. The Balaban J connectivity index is 2.51. The van der Waals surface area contributed by atoms with E-state index in [1.54, 1.807) is 50.2 Å². The molecule has 0 saturated carbocycles. The van der Waals surface area contributed by atoms with Crippen LogP contribution < -0.4 is 10.2 Å². The summed E-state index contributed by atoms with van der Waals surface area (Å²) in [6.07, 6.45) is 0. The van der Waals surface area contributed by atoms with Crippen LogP contribution in [0.15, 0.2) is 42.5 Å². The molecule has 0 heterocycles. The summed E-state index contributed by atoms with van der Waals surface area (Å²) in [4.78, 5) is 35.8. The van der Waals surface area contributed by atoms with Crippen molar-refractivity contribution < 1.29 is 33.8 Å². The highest BCUT2D eigenvalue weighted by atomic mass is 16.5. The molecule has 0 radical (unpaired) electrons. The number of amides is 1. The van der Waals surface area contributed by atoms with Gasteiger partial charge in [0.15, 0.2) is 6.61 Å². The maximum atomic E-state index is 12.6. The summed E-state index contributed by atoms with van der Waals surface area (Å²) < 4.78 is 15.5. The second-order valence-corrected chi connectivity index (χ2v) is 5.52. The first-order valence-electron chi connectivity index (χ1n) is 8.65. The van der Waals surface area contributed by atoms with E-state index in [2.05, 4.69) is 0 Å². The summed E-state index contributed by atoms with van der Waals surface area (Å²) in [7, 11) is 0. The monoisotopic (exact) mass is 387 g/mol. The van der Waals surface area contributed by atoms with Gasteiger partial charge in [0.25, 0.3) is 5.91 Å². The lowest BCUT2D eigenvalue weighted by Crippen LogP contribution is -2.26. The maximum Gasteiger partial charge on any atom is 0.342 e. The van der Waals surface area contributed by atoms with Crippen LogP contribution in [0, 0.1) is 0 Å². The molecule has 0 aliphatic heterocycles. The average Bonchev–Trinajstić information content (AvgIpc) is 2.72. The van der Waals surface area contributed by atoms with Crippen molar-refractivity contribution in [2.45, 2.75) is 13.8 Å². The summed E-state index contributed by atoms with van der Waals surface area (Å²) in [6.45, 7) is 3.28. The predicted octanol–water partition coefficient (Wildman–Crippen LogP) is 2.59. The molecule has 8 nitrogen and oxygen atoms in total. The Labute approximate surface area is 162 Å². The van der Waals surface area contributed by atoms with E-state index in [1.807, 2.05) is 0 Å². The second kappa shape index (κ2) is 10.1. The van der Waals surface area contributed by atoms with Crippen molar-refractivity contribution in [2.75, 3.05) is 19.8 Å². The Morgan fingerprint density at radius 2 is 1.64 bits per heavy atom. The Kier molecular flexibility index (Phi) is 7.53. The number of hydrogen-bond acceptors (Lipinski definition) is 7. The van der Waals surface area contributed by atoms with Crippen molar-refractivity contribution in [2.24, 2.45) is 0 Å². The number of carbonyl (C=O) groups is 3. The fourth-order valence-corrected chi connectivity index (χ4v) is 2.51. The molecule has 2 N–H and O–H groups in total. The second-order valence-electron chi connectivity index (χ2n) is 5.52. The van der Waals surface area contributed by atoms with E-state index in [0.717, 1.165) is 0 Å². The molecule has 8 heteroatoms. The fourth-order valence-electron chi connectivity index (χ4n) is 2.51. The third-order valence-corrected chi connectivity index (χ3v) is 3.67. The van der Waals surface area contributed by atoms with Gasteiger partial charge in [-0.25, -0.2) is 15.1 Å². The highest BCUT2D eigenvalue weighted by Crippen LogP contribution is 2.32. The topological polar surface area (TPSA) is 111 Å². The Morgan fingerprint density at radius 3 is 2.32 bits per heavy atom. The van der Waals surface area contributed by atoms with E-state index in [1.165, 1.54) is 11.5 Å². The van der Waals surface area contributed by atoms with Gasteiger partial charge in [0, 0.05) is 0 Å². The first-order valence-corrected chi connectivity index (χ1v) is 8.65. The molecule has 2 aromatic rings. The van der Waals surface area contributed by atoms with Crippen LogP contribution in [0.3, 0.4) is 0 Å². The molecule has 0 aromatic heterocycles. The van der Waals surface area contributed by atoms with Gasteiger partial charge in [0.05, 0.1) is 18.8 Å². The van der Waals surface area contributed by atoms with Gasteiger partial charge in [-0.3, -0.25) is 10.0 Å². The summed E-state index contributed by atoms with van der Waals surface area (Å²) in [5.41, 5.74) is 2.94. The highest BCUT2D eigenvalue weighted by Gasteiger charge is 2.21. The zero-order chi connectivity index (χ0) is 20.5. The minimum absolute atomic E-state index is 0.107. The lowest BCUT2D eigenvalue weighted by Gasteiger charge is -2.15. The number of carbonyl (C=O) groups excluding carboxylic acids is 3. The summed E-state index contributed by atoms with van der Waals surface area (Å²) >= 11 is 0. The highest BCUT2D eigenvalue weighted by molar-refractivity contribution is 6.01. The first-order chi connectivity index (χ1) is 13.5. The predicted molar refractivity (Wildman–Crippen MR) is 99.2 cm³/mol. The van der Waals surface area contributed by atoms with E-state index in [9.17, 15) is 14.4 Å². The van der Waals surface area contributed by atoms with Crippen LogP contribution in [0.5, 0.6) is 5.75 Å². The number of esters is 2. The molecule has 148 valence electrons. The van der Waals surface area contributed by atoms with Gasteiger partial charge in [0.1, 0.15) is 11.3 Å². The van der Waals surface area contributed by atoms with E-state index < -0.39 is 24.5 Å². The molecule has 0 spiro atoms. The number of benzene rings is 2. The number of ether oxygens (including phenoxy) is 3. The molecule has 0 saturated heterocycles. The molecular formula is C20H21NO7. The average molecular weight is 387 g/mol. The molecule has 0 atom stereocenters. The van der Waals surface area contributed by atoms with E-state index in [4.69, 9.17) is 19.4 Å². The third-order valence-electron chi connectivity index (χ3n) is 3.67. The molecule has 2 rings (SSSR count). The lowest BCUT2D eigenvalue weighted by molar-refractivity contribution is -0.131. The van der Waals surface area contributed by atoms with Gasteiger partial charge in [-0.2, -0.15) is 0 Å². The first kappa shape index (κ1) is 20.9. The van der Waals surface area contributed by atoms with Gasteiger partial charge in [0.2, 0.25) is 0 Å². The van der Waals surface area contributed by atoms with E-state index >= 15 is 0 Å². The normalized spacial score (nSPS) is 10.1. The number of nitrogens with one attached hydrogen (secondary N) is 1. The van der Waals surface area contributed by atoms with Crippen molar-refractivity contribution in [3.05, 3.63) is 53.6 Å². The SMILES string of the molecule is CCOC(=O)c1cccc(-c2cccc(OCC(=O)NO)c2C(=O)OCC)c1. The Bertz CT molecular complexity index is 863. The van der Waals surface area contributed by atoms with Crippen molar-refractivity contribution >= 4 is 17.8 Å².